The zero-order chi connectivity index (χ0) is 23.0. The average molecular weight is 420 g/mol. The summed E-state index contributed by atoms with van der Waals surface area (Å²) in [6, 6.07) is 0. The van der Waals surface area contributed by atoms with Crippen molar-refractivity contribution in [2.24, 2.45) is 10.4 Å². The molecule has 0 aromatic heterocycles. The SMILES string of the molecule is C=C/C=C(\C=C\C(=O)OC)OCC1(C)CCN(C=N/C=C(\C=C)[N+](=O)[O-])CC1.CC. The number of nitro groups is 1. The summed E-state index contributed by atoms with van der Waals surface area (Å²) in [4.78, 5) is 27.4. The van der Waals surface area contributed by atoms with Crippen LogP contribution in [0, 0.1) is 15.5 Å². The second-order valence-corrected chi connectivity index (χ2v) is 6.58. The molecule has 0 aromatic carbocycles. The predicted molar refractivity (Wildman–Crippen MR) is 119 cm³/mol. The topological polar surface area (TPSA) is 94.3 Å². The Hall–Kier alpha value is -3.16. The standard InChI is InChI=1S/C20H27N3O5.C2H6/c1-5-7-18(8-9-19(24)27-4)28-15-20(3)10-12-22(13-11-20)16-21-14-17(6-2)23(25)26;1-2/h5-9,14,16H,1-2,10-13,15H2,3-4H3;1-2H3/b9-8+,17-14+,18-7+,21-16?;. The number of allylic oxidation sites excluding steroid dienone is 4. The maximum absolute atomic E-state index is 11.2. The summed E-state index contributed by atoms with van der Waals surface area (Å²) in [6.07, 6.45) is 11.8. The van der Waals surface area contributed by atoms with Gasteiger partial charge >= 0.3 is 5.97 Å². The van der Waals surface area contributed by atoms with E-state index in [4.69, 9.17) is 4.74 Å². The first-order valence-electron chi connectivity index (χ1n) is 9.79. The fourth-order valence-corrected chi connectivity index (χ4v) is 2.45. The van der Waals surface area contributed by atoms with E-state index in [1.807, 2.05) is 18.7 Å². The van der Waals surface area contributed by atoms with Crippen molar-refractivity contribution in [2.75, 3.05) is 26.8 Å². The van der Waals surface area contributed by atoms with E-state index in [1.54, 1.807) is 24.6 Å². The molecule has 1 aliphatic heterocycles. The van der Waals surface area contributed by atoms with Gasteiger partial charge in [0.05, 0.1) is 25.0 Å². The highest BCUT2D eigenvalue weighted by Gasteiger charge is 2.30. The molecule has 0 aromatic rings. The summed E-state index contributed by atoms with van der Waals surface area (Å²) in [7, 11) is 1.31. The van der Waals surface area contributed by atoms with Crippen LogP contribution in [0.1, 0.15) is 33.6 Å². The number of carbonyl (C=O) groups excluding carboxylic acids is 1. The average Bonchev–Trinajstić information content (AvgIpc) is 2.75. The van der Waals surface area contributed by atoms with Gasteiger partial charge in [-0.3, -0.25) is 10.1 Å². The van der Waals surface area contributed by atoms with E-state index in [2.05, 4.69) is 29.8 Å². The molecule has 0 radical (unpaired) electrons. The Morgan fingerprint density at radius 3 is 2.40 bits per heavy atom. The Bertz CT molecular complexity index is 700. The summed E-state index contributed by atoms with van der Waals surface area (Å²) in [6.45, 7) is 15.2. The van der Waals surface area contributed by atoms with Crippen LogP contribution in [0.4, 0.5) is 0 Å². The number of hydrogen-bond donors (Lipinski definition) is 0. The van der Waals surface area contributed by atoms with Gasteiger partial charge in [-0.25, -0.2) is 9.79 Å². The first-order valence-corrected chi connectivity index (χ1v) is 9.79. The molecule has 1 fully saturated rings. The lowest BCUT2D eigenvalue weighted by Gasteiger charge is -2.38. The number of piperidine rings is 1. The van der Waals surface area contributed by atoms with E-state index in [-0.39, 0.29) is 11.1 Å². The van der Waals surface area contributed by atoms with Crippen LogP contribution in [0.5, 0.6) is 0 Å². The lowest BCUT2D eigenvalue weighted by Crippen LogP contribution is -2.40. The van der Waals surface area contributed by atoms with Gasteiger partial charge in [-0.2, -0.15) is 0 Å². The number of methoxy groups -OCH3 is 1. The summed E-state index contributed by atoms with van der Waals surface area (Å²) in [5, 5.41) is 10.7. The van der Waals surface area contributed by atoms with Crippen molar-refractivity contribution in [1.29, 1.82) is 0 Å². The van der Waals surface area contributed by atoms with E-state index in [0.717, 1.165) is 32.0 Å². The fraction of sp³-hybridized carbons (Fsp3) is 0.455. The van der Waals surface area contributed by atoms with Gasteiger partial charge in [0.25, 0.3) is 5.70 Å². The first-order chi connectivity index (χ1) is 14.3. The quantitative estimate of drug-likeness (QED) is 0.0767. The maximum Gasteiger partial charge on any atom is 0.330 e. The molecular weight excluding hydrogens is 386 g/mol. The molecule has 1 saturated heterocycles. The Kier molecular flexibility index (Phi) is 13.2. The van der Waals surface area contributed by atoms with Gasteiger partial charge in [0.2, 0.25) is 0 Å². The number of likely N-dealkylation sites (tertiary alicyclic amines) is 1. The number of nitrogens with zero attached hydrogens (tertiary/aromatic N) is 3. The van der Waals surface area contributed by atoms with E-state index in [0.29, 0.717) is 12.4 Å². The lowest BCUT2D eigenvalue weighted by atomic mass is 9.81. The predicted octanol–water partition coefficient (Wildman–Crippen LogP) is 4.26. The van der Waals surface area contributed by atoms with Gasteiger partial charge in [0.15, 0.2) is 0 Å². The molecule has 1 rings (SSSR count). The van der Waals surface area contributed by atoms with E-state index in [1.165, 1.54) is 19.4 Å². The molecule has 8 heteroatoms. The van der Waals surface area contributed by atoms with Crippen molar-refractivity contribution in [1.82, 2.24) is 4.90 Å². The number of hydrogen-bond acceptors (Lipinski definition) is 6. The highest BCUT2D eigenvalue weighted by molar-refractivity contribution is 5.82. The van der Waals surface area contributed by atoms with Crippen molar-refractivity contribution in [3.8, 4) is 0 Å². The second-order valence-electron chi connectivity index (χ2n) is 6.58. The molecule has 1 heterocycles. The summed E-state index contributed by atoms with van der Waals surface area (Å²) < 4.78 is 10.4. The van der Waals surface area contributed by atoms with Crippen molar-refractivity contribution < 1.29 is 19.2 Å². The van der Waals surface area contributed by atoms with Crippen LogP contribution in [0.15, 0.2) is 66.2 Å². The summed E-state index contributed by atoms with van der Waals surface area (Å²) in [5.74, 6) is 0.0793. The first kappa shape index (κ1) is 26.8. The Morgan fingerprint density at radius 2 is 1.90 bits per heavy atom. The third kappa shape index (κ3) is 10.4. The van der Waals surface area contributed by atoms with Gasteiger partial charge in [-0.05, 0) is 25.0 Å². The van der Waals surface area contributed by atoms with Crippen LogP contribution < -0.4 is 0 Å². The maximum atomic E-state index is 11.2. The number of rotatable bonds is 10. The minimum Gasteiger partial charge on any atom is -0.493 e. The summed E-state index contributed by atoms with van der Waals surface area (Å²) >= 11 is 0. The van der Waals surface area contributed by atoms with Gasteiger partial charge in [-0.15, -0.1) is 0 Å². The minimum absolute atomic E-state index is 0.0351. The van der Waals surface area contributed by atoms with Crippen LogP contribution in [-0.4, -0.2) is 48.9 Å². The van der Waals surface area contributed by atoms with E-state index < -0.39 is 10.9 Å². The summed E-state index contributed by atoms with van der Waals surface area (Å²) in [5.41, 5.74) is -0.180. The molecule has 8 nitrogen and oxygen atoms in total. The molecule has 0 unspecified atom stereocenters. The van der Waals surface area contributed by atoms with Crippen LogP contribution >= 0.6 is 0 Å². The highest BCUT2D eigenvalue weighted by Crippen LogP contribution is 2.31. The lowest BCUT2D eigenvalue weighted by molar-refractivity contribution is -0.419. The molecule has 166 valence electrons. The van der Waals surface area contributed by atoms with Gasteiger partial charge in [0.1, 0.15) is 12.0 Å². The van der Waals surface area contributed by atoms with E-state index >= 15 is 0 Å². The van der Waals surface area contributed by atoms with Crippen molar-refractivity contribution in [3.05, 3.63) is 71.3 Å². The zero-order valence-electron chi connectivity index (χ0n) is 18.4. The molecule has 0 aliphatic carbocycles. The molecule has 1 aliphatic rings. The molecule has 0 amide bonds. The van der Waals surface area contributed by atoms with Crippen molar-refractivity contribution in [3.63, 3.8) is 0 Å². The highest BCUT2D eigenvalue weighted by atomic mass is 16.6. The second kappa shape index (κ2) is 14.8. The Morgan fingerprint density at radius 1 is 1.27 bits per heavy atom. The van der Waals surface area contributed by atoms with E-state index in [9.17, 15) is 14.9 Å². The van der Waals surface area contributed by atoms with Crippen molar-refractivity contribution >= 4 is 12.3 Å². The minimum atomic E-state index is -0.530. The molecule has 0 bridgehead atoms. The number of carbonyl (C=O) groups is 1. The van der Waals surface area contributed by atoms with Crippen LogP contribution in [0.25, 0.3) is 0 Å². The Balaban J connectivity index is 0.00000407. The zero-order valence-corrected chi connectivity index (χ0v) is 18.4. The molecule has 0 N–H and O–H groups in total. The Labute approximate surface area is 179 Å². The smallest absolute Gasteiger partial charge is 0.330 e. The number of esters is 1. The largest absolute Gasteiger partial charge is 0.493 e. The third-order valence-corrected chi connectivity index (χ3v) is 4.32. The van der Waals surface area contributed by atoms with Crippen molar-refractivity contribution in [2.45, 2.75) is 33.6 Å². The third-order valence-electron chi connectivity index (χ3n) is 4.32. The molecular formula is C22H33N3O5. The van der Waals surface area contributed by atoms with Gasteiger partial charge in [0, 0.05) is 30.7 Å². The molecule has 0 spiro atoms. The van der Waals surface area contributed by atoms with Crippen LogP contribution in [0.2, 0.25) is 0 Å². The molecule has 0 atom stereocenters. The monoisotopic (exact) mass is 419 g/mol. The van der Waals surface area contributed by atoms with Crippen LogP contribution in [-0.2, 0) is 14.3 Å². The molecule has 30 heavy (non-hydrogen) atoms. The number of ether oxygens (including phenoxy) is 2. The van der Waals surface area contributed by atoms with Gasteiger partial charge in [-0.1, -0.05) is 40.0 Å². The normalized spacial score (nSPS) is 16.6. The molecule has 0 saturated carbocycles. The van der Waals surface area contributed by atoms with Gasteiger partial charge < -0.3 is 14.4 Å². The van der Waals surface area contributed by atoms with Crippen LogP contribution in [0.3, 0.4) is 0 Å². The number of aliphatic imine (C=N–C) groups is 1. The fourth-order valence-electron chi connectivity index (χ4n) is 2.45.